The molecule has 160 valence electrons. The monoisotopic (exact) mass is 422 g/mol. The first-order chi connectivity index (χ1) is 15.1. The van der Waals surface area contributed by atoms with Gasteiger partial charge in [0.15, 0.2) is 17.4 Å². The third-order valence-electron chi connectivity index (χ3n) is 6.10. The topological polar surface area (TPSA) is 85.5 Å². The normalized spacial score (nSPS) is 27.8. The molecular formula is C22H23FN6O2. The van der Waals surface area contributed by atoms with E-state index < -0.39 is 11.4 Å². The molecule has 1 saturated heterocycles. The van der Waals surface area contributed by atoms with Crippen molar-refractivity contribution in [1.82, 2.24) is 24.6 Å². The van der Waals surface area contributed by atoms with E-state index in [-0.39, 0.29) is 17.9 Å². The zero-order valence-corrected chi connectivity index (χ0v) is 17.3. The lowest BCUT2D eigenvalue weighted by Gasteiger charge is -2.50. The average molecular weight is 422 g/mol. The molecule has 1 unspecified atom stereocenters. The van der Waals surface area contributed by atoms with Gasteiger partial charge in [0.2, 0.25) is 0 Å². The van der Waals surface area contributed by atoms with Crippen molar-refractivity contribution in [2.24, 2.45) is 4.99 Å². The third kappa shape index (κ3) is 3.29. The molecule has 0 bridgehead atoms. The molecular weight excluding hydrogens is 399 g/mol. The Morgan fingerprint density at radius 2 is 2.16 bits per heavy atom. The summed E-state index contributed by atoms with van der Waals surface area (Å²) >= 11 is 0. The molecule has 0 spiro atoms. The number of nitrogens with zero attached hydrogens (tertiary/aromatic N) is 6. The molecule has 2 aromatic rings. The number of morpholine rings is 1. The van der Waals surface area contributed by atoms with Crippen LogP contribution in [0, 0.1) is 5.82 Å². The van der Waals surface area contributed by atoms with Gasteiger partial charge in [-0.2, -0.15) is 0 Å². The maximum Gasteiger partial charge on any atom is 0.187 e. The molecule has 1 fully saturated rings. The molecule has 5 heterocycles. The summed E-state index contributed by atoms with van der Waals surface area (Å²) in [6, 6.07) is 2.66. The highest BCUT2D eigenvalue weighted by molar-refractivity contribution is 6.19. The SMILES string of the molecule is CCC12COCCN1C1=N/C(CC(=O)c3ccc(F)cn3)=C\CC/C=C\1n1cnnc12. The van der Waals surface area contributed by atoms with E-state index in [4.69, 9.17) is 9.73 Å². The van der Waals surface area contributed by atoms with Gasteiger partial charge in [-0.15, -0.1) is 10.2 Å². The van der Waals surface area contributed by atoms with Crippen LogP contribution in [0.4, 0.5) is 4.39 Å². The summed E-state index contributed by atoms with van der Waals surface area (Å²) in [5.41, 5.74) is 1.41. The molecule has 1 atom stereocenters. The fourth-order valence-corrected chi connectivity index (χ4v) is 4.47. The number of ether oxygens (including phenoxy) is 1. The first kappa shape index (κ1) is 19.7. The van der Waals surface area contributed by atoms with Crippen LogP contribution in [0.15, 0.2) is 47.5 Å². The van der Waals surface area contributed by atoms with Crippen LogP contribution in [0.2, 0.25) is 0 Å². The molecule has 2 aromatic heterocycles. The summed E-state index contributed by atoms with van der Waals surface area (Å²) in [7, 11) is 0. The largest absolute Gasteiger partial charge is 0.377 e. The van der Waals surface area contributed by atoms with Crippen LogP contribution in [0.1, 0.15) is 48.9 Å². The van der Waals surface area contributed by atoms with Crippen molar-refractivity contribution in [2.75, 3.05) is 19.8 Å². The molecule has 8 nitrogen and oxygen atoms in total. The van der Waals surface area contributed by atoms with Gasteiger partial charge < -0.3 is 9.64 Å². The third-order valence-corrected chi connectivity index (χ3v) is 6.10. The predicted molar refractivity (Wildman–Crippen MR) is 112 cm³/mol. The molecule has 0 N–H and O–H groups in total. The minimum absolute atomic E-state index is 0.105. The number of pyridine rings is 1. The fraction of sp³-hybridized carbons (Fsp3) is 0.409. The Kier molecular flexibility index (Phi) is 4.97. The molecule has 9 heteroatoms. The Labute approximate surface area is 179 Å². The Morgan fingerprint density at radius 1 is 1.29 bits per heavy atom. The second-order valence-electron chi connectivity index (χ2n) is 7.87. The van der Waals surface area contributed by atoms with Crippen LogP contribution < -0.4 is 0 Å². The highest BCUT2D eigenvalue weighted by Crippen LogP contribution is 2.41. The van der Waals surface area contributed by atoms with E-state index in [9.17, 15) is 9.18 Å². The van der Waals surface area contributed by atoms with Gasteiger partial charge in [0.25, 0.3) is 0 Å². The molecule has 0 radical (unpaired) electrons. The van der Waals surface area contributed by atoms with Gasteiger partial charge in [0.05, 0.1) is 31.5 Å². The molecule has 0 aromatic carbocycles. The van der Waals surface area contributed by atoms with Crippen LogP contribution in [-0.2, 0) is 10.3 Å². The lowest BCUT2D eigenvalue weighted by atomic mass is 9.89. The molecule has 0 saturated carbocycles. The maximum absolute atomic E-state index is 13.2. The van der Waals surface area contributed by atoms with Gasteiger partial charge in [0.1, 0.15) is 23.4 Å². The van der Waals surface area contributed by atoms with Crippen molar-refractivity contribution >= 4 is 17.3 Å². The van der Waals surface area contributed by atoms with Crippen LogP contribution >= 0.6 is 0 Å². The molecule has 5 rings (SSSR count). The number of aromatic nitrogens is 4. The number of hydrogen-bond donors (Lipinski definition) is 0. The average Bonchev–Trinajstić information content (AvgIpc) is 3.26. The number of fused-ring (bicyclic) bond motifs is 6. The summed E-state index contributed by atoms with van der Waals surface area (Å²) in [6.07, 6.45) is 9.39. The number of allylic oxidation sites excluding steroid dienone is 3. The molecule has 0 aliphatic carbocycles. The first-order valence-electron chi connectivity index (χ1n) is 10.5. The number of ketones is 1. The highest BCUT2D eigenvalue weighted by Gasteiger charge is 2.50. The van der Waals surface area contributed by atoms with Gasteiger partial charge in [-0.3, -0.25) is 14.3 Å². The second kappa shape index (κ2) is 7.81. The molecule has 3 aliphatic heterocycles. The van der Waals surface area contributed by atoms with Crippen LogP contribution in [0.5, 0.6) is 0 Å². The quantitative estimate of drug-likeness (QED) is 0.705. The molecule has 31 heavy (non-hydrogen) atoms. The minimum atomic E-state index is -0.466. The zero-order valence-electron chi connectivity index (χ0n) is 17.3. The summed E-state index contributed by atoms with van der Waals surface area (Å²) in [5.74, 6) is 1.01. The zero-order chi connectivity index (χ0) is 21.4. The van der Waals surface area contributed by atoms with E-state index in [2.05, 4.69) is 33.1 Å². The number of amidine groups is 1. The predicted octanol–water partition coefficient (Wildman–Crippen LogP) is 2.95. The lowest BCUT2D eigenvalue weighted by molar-refractivity contribution is -0.0461. The number of halogens is 1. The van der Waals surface area contributed by atoms with Gasteiger partial charge in [-0.05, 0) is 31.4 Å². The van der Waals surface area contributed by atoms with Crippen LogP contribution in [0.25, 0.3) is 5.70 Å². The maximum atomic E-state index is 13.2. The van der Waals surface area contributed by atoms with Crippen molar-refractivity contribution in [3.63, 3.8) is 0 Å². The highest BCUT2D eigenvalue weighted by atomic mass is 19.1. The van der Waals surface area contributed by atoms with E-state index in [0.717, 1.165) is 42.8 Å². The Balaban J connectivity index is 1.55. The van der Waals surface area contributed by atoms with Gasteiger partial charge in [-0.25, -0.2) is 9.38 Å². The standard InChI is InChI=1S/C22H23FN6O2/c1-2-22-13-31-10-9-29(22)20-18(28-14-25-27-21(22)28)6-4-3-5-16(26-20)11-19(30)17-8-7-15(23)12-24-17/h5-8,12,14H,2-4,9-11,13H2,1H3/b16-5-,18-6+,26-20+. The Morgan fingerprint density at radius 3 is 2.97 bits per heavy atom. The Hall–Kier alpha value is -3.20. The number of aliphatic imine (C=N–C) groups is 1. The van der Waals surface area contributed by atoms with Crippen molar-refractivity contribution < 1.29 is 13.9 Å². The van der Waals surface area contributed by atoms with Crippen molar-refractivity contribution in [3.8, 4) is 0 Å². The smallest absolute Gasteiger partial charge is 0.187 e. The lowest BCUT2D eigenvalue weighted by Crippen LogP contribution is -2.61. The van der Waals surface area contributed by atoms with Gasteiger partial charge in [-0.1, -0.05) is 19.1 Å². The van der Waals surface area contributed by atoms with E-state index in [0.29, 0.717) is 25.5 Å². The fourth-order valence-electron chi connectivity index (χ4n) is 4.47. The van der Waals surface area contributed by atoms with E-state index in [1.807, 2.05) is 10.6 Å². The second-order valence-corrected chi connectivity index (χ2v) is 7.87. The van der Waals surface area contributed by atoms with Crippen molar-refractivity contribution in [2.45, 2.75) is 38.1 Å². The van der Waals surface area contributed by atoms with Gasteiger partial charge >= 0.3 is 0 Å². The number of rotatable bonds is 4. The molecule has 0 amide bonds. The summed E-state index contributed by atoms with van der Waals surface area (Å²) in [4.78, 5) is 23.9. The van der Waals surface area contributed by atoms with Crippen LogP contribution in [-0.4, -0.2) is 56.0 Å². The minimum Gasteiger partial charge on any atom is -0.377 e. The summed E-state index contributed by atoms with van der Waals surface area (Å²) in [5, 5.41) is 8.61. The number of carbonyl (C=O) groups is 1. The van der Waals surface area contributed by atoms with E-state index in [1.165, 1.54) is 12.1 Å². The van der Waals surface area contributed by atoms with Crippen molar-refractivity contribution in [3.05, 3.63) is 59.8 Å². The Bertz CT molecular complexity index is 1100. The number of hydrogen-bond acceptors (Lipinski definition) is 7. The number of Topliss-reactive ketones (excluding diaryl/α,β-unsaturated/α-hetero) is 1. The van der Waals surface area contributed by atoms with Crippen molar-refractivity contribution in [1.29, 1.82) is 0 Å². The van der Waals surface area contributed by atoms with Gasteiger partial charge in [0, 0.05) is 12.2 Å². The summed E-state index contributed by atoms with van der Waals surface area (Å²) in [6.45, 7) is 3.89. The van der Waals surface area contributed by atoms with Crippen LogP contribution in [0.3, 0.4) is 0 Å². The first-order valence-corrected chi connectivity index (χ1v) is 10.5. The molecule has 3 aliphatic rings. The number of carbonyl (C=O) groups excluding carboxylic acids is 1. The van der Waals surface area contributed by atoms with E-state index >= 15 is 0 Å². The summed E-state index contributed by atoms with van der Waals surface area (Å²) < 4.78 is 21.0. The van der Waals surface area contributed by atoms with E-state index in [1.54, 1.807) is 6.33 Å².